The Labute approximate surface area is 169 Å². The van der Waals surface area contributed by atoms with E-state index >= 15 is 0 Å². The summed E-state index contributed by atoms with van der Waals surface area (Å²) in [5.41, 5.74) is 2.94. The zero-order valence-corrected chi connectivity index (χ0v) is 16.7. The monoisotopic (exact) mass is 411 g/mol. The summed E-state index contributed by atoms with van der Waals surface area (Å²) in [6, 6.07) is 17.6. The summed E-state index contributed by atoms with van der Waals surface area (Å²) >= 11 is 0. The molecule has 0 unspecified atom stereocenters. The molecule has 0 heterocycles. The van der Waals surface area contributed by atoms with Gasteiger partial charge in [-0.1, -0.05) is 29.8 Å². The van der Waals surface area contributed by atoms with Gasteiger partial charge >= 0.3 is 0 Å². The van der Waals surface area contributed by atoms with Gasteiger partial charge in [0.25, 0.3) is 10.0 Å². The van der Waals surface area contributed by atoms with Crippen molar-refractivity contribution in [1.82, 2.24) is 0 Å². The Bertz CT molecular complexity index is 1160. The van der Waals surface area contributed by atoms with Crippen molar-refractivity contribution in [3.8, 4) is 0 Å². The molecule has 0 amide bonds. The van der Waals surface area contributed by atoms with Crippen LogP contribution in [-0.4, -0.2) is 14.1 Å². The van der Waals surface area contributed by atoms with Crippen molar-refractivity contribution in [2.24, 2.45) is 4.40 Å². The molecule has 0 saturated carbocycles. The number of halogens is 2. The van der Waals surface area contributed by atoms with E-state index in [0.29, 0.717) is 16.7 Å². The first-order valence-corrected chi connectivity index (χ1v) is 10.3. The highest BCUT2D eigenvalue weighted by Crippen LogP contribution is 2.19. The molecule has 0 aliphatic rings. The zero-order chi connectivity index (χ0) is 21.0. The first-order valence-electron chi connectivity index (χ1n) is 8.86. The van der Waals surface area contributed by atoms with Gasteiger partial charge in [0.1, 0.15) is 11.6 Å². The van der Waals surface area contributed by atoms with Crippen LogP contribution in [-0.2, 0) is 10.0 Å². The van der Waals surface area contributed by atoms with E-state index in [0.717, 1.165) is 5.56 Å². The van der Waals surface area contributed by atoms with Gasteiger partial charge in [-0.05, 0) is 79.6 Å². The topological polar surface area (TPSA) is 46.5 Å². The van der Waals surface area contributed by atoms with Crippen molar-refractivity contribution in [3.05, 3.63) is 107 Å². The van der Waals surface area contributed by atoms with Gasteiger partial charge in [0.05, 0.1) is 10.6 Å². The van der Waals surface area contributed by atoms with Gasteiger partial charge in [-0.25, -0.2) is 8.78 Å². The van der Waals surface area contributed by atoms with E-state index in [-0.39, 0.29) is 16.4 Å². The van der Waals surface area contributed by atoms with Crippen LogP contribution >= 0.6 is 0 Å². The SMILES string of the molecule is C/C(=C\C(=NS(=O)(=O)c1ccc(C)cc1)c1ccc(F)cc1)c1ccc(F)cc1. The second-order valence-corrected chi connectivity index (χ2v) is 8.21. The summed E-state index contributed by atoms with van der Waals surface area (Å²) in [6.45, 7) is 3.63. The largest absolute Gasteiger partial charge is 0.282 e. The lowest BCUT2D eigenvalue weighted by Gasteiger charge is -2.07. The number of sulfonamides is 1. The van der Waals surface area contributed by atoms with E-state index in [2.05, 4.69) is 4.40 Å². The molecule has 3 nitrogen and oxygen atoms in total. The van der Waals surface area contributed by atoms with Gasteiger partial charge in [-0.15, -0.1) is 0 Å². The smallest absolute Gasteiger partial charge is 0.207 e. The molecule has 0 radical (unpaired) electrons. The number of rotatable bonds is 5. The first-order chi connectivity index (χ1) is 13.7. The van der Waals surface area contributed by atoms with Gasteiger partial charge in [-0.2, -0.15) is 12.8 Å². The molecule has 0 aromatic heterocycles. The normalized spacial score (nSPS) is 12.8. The number of aryl methyl sites for hydroxylation is 1. The van der Waals surface area contributed by atoms with Crippen molar-refractivity contribution in [1.29, 1.82) is 0 Å². The van der Waals surface area contributed by atoms with E-state index in [1.807, 2.05) is 6.92 Å². The number of allylic oxidation sites excluding steroid dienone is 2. The molecule has 0 saturated heterocycles. The van der Waals surface area contributed by atoms with Crippen molar-refractivity contribution in [3.63, 3.8) is 0 Å². The molecule has 0 N–H and O–H groups in total. The zero-order valence-electron chi connectivity index (χ0n) is 15.9. The number of hydrogen-bond acceptors (Lipinski definition) is 2. The standard InChI is InChI=1S/C23H19F2NO2S/c1-16-3-13-22(14-4-16)29(27,28)26-23(19-7-11-21(25)12-8-19)15-17(2)18-5-9-20(24)10-6-18/h3-15H,1-2H3/b17-15+,26-23?. The molecule has 3 aromatic carbocycles. The molecule has 0 aliphatic heterocycles. The lowest BCUT2D eigenvalue weighted by molar-refractivity contribution is 0.598. The Hall–Kier alpha value is -3.12. The van der Waals surface area contributed by atoms with E-state index in [9.17, 15) is 17.2 Å². The summed E-state index contributed by atoms with van der Waals surface area (Å²) in [5.74, 6) is -0.801. The first kappa shape index (κ1) is 20.6. The minimum atomic E-state index is -3.98. The average molecular weight is 411 g/mol. The van der Waals surface area contributed by atoms with Crippen molar-refractivity contribution in [2.45, 2.75) is 18.7 Å². The molecule has 0 aliphatic carbocycles. The third kappa shape index (κ3) is 5.23. The third-order valence-corrected chi connectivity index (χ3v) is 5.64. The lowest BCUT2D eigenvalue weighted by atomic mass is 10.0. The highest BCUT2D eigenvalue weighted by molar-refractivity contribution is 7.90. The molecular formula is C23H19F2NO2S. The van der Waals surface area contributed by atoms with E-state index < -0.39 is 15.8 Å². The molecule has 3 rings (SSSR count). The number of hydrogen-bond donors (Lipinski definition) is 0. The van der Waals surface area contributed by atoms with Crippen LogP contribution in [0, 0.1) is 18.6 Å². The minimum absolute atomic E-state index is 0.0653. The Morgan fingerprint density at radius 3 is 1.79 bits per heavy atom. The quantitative estimate of drug-likeness (QED) is 0.517. The van der Waals surface area contributed by atoms with Crippen molar-refractivity contribution in [2.75, 3.05) is 0 Å². The lowest BCUT2D eigenvalue weighted by Crippen LogP contribution is -2.05. The summed E-state index contributed by atoms with van der Waals surface area (Å²) in [4.78, 5) is 0.0653. The average Bonchev–Trinajstić information content (AvgIpc) is 2.68. The molecule has 0 spiro atoms. The maximum atomic E-state index is 13.3. The Kier molecular flexibility index (Phi) is 6.03. The fourth-order valence-corrected chi connectivity index (χ4v) is 3.68. The maximum Gasteiger partial charge on any atom is 0.282 e. The summed E-state index contributed by atoms with van der Waals surface area (Å²) in [6.07, 6.45) is 1.59. The highest BCUT2D eigenvalue weighted by Gasteiger charge is 2.15. The molecule has 0 atom stereocenters. The summed E-state index contributed by atoms with van der Waals surface area (Å²) in [7, 11) is -3.98. The minimum Gasteiger partial charge on any atom is -0.207 e. The van der Waals surface area contributed by atoms with Crippen LogP contribution in [0.4, 0.5) is 8.78 Å². The fraction of sp³-hybridized carbons (Fsp3) is 0.0870. The van der Waals surface area contributed by atoms with Gasteiger partial charge in [0.2, 0.25) is 0 Å². The summed E-state index contributed by atoms with van der Waals surface area (Å²) in [5, 5.41) is 0. The highest BCUT2D eigenvalue weighted by atomic mass is 32.2. The fourth-order valence-electron chi connectivity index (χ4n) is 2.68. The maximum absolute atomic E-state index is 13.3. The van der Waals surface area contributed by atoms with Crippen molar-refractivity contribution >= 4 is 21.3 Å². The molecule has 6 heteroatoms. The molecule has 29 heavy (non-hydrogen) atoms. The van der Waals surface area contributed by atoms with Gasteiger partial charge < -0.3 is 0 Å². The Morgan fingerprint density at radius 1 is 0.793 bits per heavy atom. The van der Waals surface area contributed by atoms with Crippen LogP contribution in [0.15, 0.2) is 88.2 Å². The number of benzene rings is 3. The van der Waals surface area contributed by atoms with Gasteiger partial charge in [-0.3, -0.25) is 0 Å². The van der Waals surface area contributed by atoms with Crippen LogP contribution in [0.25, 0.3) is 5.57 Å². The Balaban J connectivity index is 2.11. The van der Waals surface area contributed by atoms with E-state index in [1.54, 1.807) is 37.3 Å². The van der Waals surface area contributed by atoms with E-state index in [1.165, 1.54) is 48.5 Å². The number of nitrogens with zero attached hydrogens (tertiary/aromatic N) is 1. The molecule has 0 fully saturated rings. The molecule has 3 aromatic rings. The third-order valence-electron chi connectivity index (χ3n) is 4.33. The predicted octanol–water partition coefficient (Wildman–Crippen LogP) is 5.55. The predicted molar refractivity (Wildman–Crippen MR) is 111 cm³/mol. The van der Waals surface area contributed by atoms with Crippen molar-refractivity contribution < 1.29 is 17.2 Å². The van der Waals surface area contributed by atoms with Crippen LogP contribution < -0.4 is 0 Å². The second kappa shape index (κ2) is 8.49. The van der Waals surface area contributed by atoms with E-state index in [4.69, 9.17) is 0 Å². The van der Waals surface area contributed by atoms with Crippen LogP contribution in [0.1, 0.15) is 23.6 Å². The van der Waals surface area contributed by atoms with Crippen LogP contribution in [0.3, 0.4) is 0 Å². The van der Waals surface area contributed by atoms with Gasteiger partial charge in [0, 0.05) is 5.56 Å². The summed E-state index contributed by atoms with van der Waals surface area (Å²) < 4.78 is 56.2. The molecule has 0 bridgehead atoms. The molecule has 148 valence electrons. The van der Waals surface area contributed by atoms with Crippen LogP contribution in [0.2, 0.25) is 0 Å². The second-order valence-electron chi connectivity index (χ2n) is 6.61. The van der Waals surface area contributed by atoms with Crippen LogP contribution in [0.5, 0.6) is 0 Å². The van der Waals surface area contributed by atoms with Gasteiger partial charge in [0.15, 0.2) is 0 Å². The molecular weight excluding hydrogens is 392 g/mol. The Morgan fingerprint density at radius 2 is 1.28 bits per heavy atom.